The highest BCUT2D eigenvalue weighted by molar-refractivity contribution is 5.24. The second kappa shape index (κ2) is 4.85. The number of nitrogens with one attached hydrogen (secondary N) is 1. The molecule has 1 N–H and O–H groups in total. The summed E-state index contributed by atoms with van der Waals surface area (Å²) < 4.78 is 5.56. The molecule has 0 aliphatic heterocycles. The van der Waals surface area contributed by atoms with Crippen LogP contribution >= 0.6 is 0 Å². The van der Waals surface area contributed by atoms with Crippen molar-refractivity contribution in [2.75, 3.05) is 0 Å². The van der Waals surface area contributed by atoms with Gasteiger partial charge in [-0.05, 0) is 37.7 Å². The number of aryl methyl sites for hydroxylation is 1. The van der Waals surface area contributed by atoms with Crippen molar-refractivity contribution in [3.05, 3.63) is 23.7 Å². The van der Waals surface area contributed by atoms with Gasteiger partial charge < -0.3 is 9.73 Å². The van der Waals surface area contributed by atoms with Crippen molar-refractivity contribution in [2.24, 2.45) is 5.92 Å². The van der Waals surface area contributed by atoms with Crippen LogP contribution < -0.4 is 5.32 Å². The third kappa shape index (κ3) is 2.28. The molecule has 0 saturated heterocycles. The van der Waals surface area contributed by atoms with Crippen LogP contribution in [0.25, 0.3) is 0 Å². The predicted octanol–water partition coefficient (Wildman–Crippen LogP) is 3.83. The minimum atomic E-state index is 0.544. The maximum Gasteiger partial charge on any atom is 0.108 e. The van der Waals surface area contributed by atoms with E-state index in [2.05, 4.69) is 18.3 Å². The fourth-order valence-corrected chi connectivity index (χ4v) is 3.48. The van der Waals surface area contributed by atoms with Crippen molar-refractivity contribution in [3.63, 3.8) is 0 Å². The Bertz CT molecular complexity index is 371. The lowest BCUT2D eigenvalue weighted by atomic mass is 9.84. The summed E-state index contributed by atoms with van der Waals surface area (Å²) in [6.45, 7) is 2.40. The molecule has 1 saturated carbocycles. The van der Waals surface area contributed by atoms with Crippen LogP contribution in [0.5, 0.6) is 0 Å². The standard InChI is InChI=1S/C15H23NO/c1-11-5-2-3-6-13(11)16-14-7-4-8-15-12(14)9-10-17-15/h9-11,13-14,16H,2-8H2,1H3. The van der Waals surface area contributed by atoms with Gasteiger partial charge in [0, 0.05) is 24.1 Å². The summed E-state index contributed by atoms with van der Waals surface area (Å²) in [4.78, 5) is 0. The van der Waals surface area contributed by atoms with Crippen LogP contribution in [-0.2, 0) is 6.42 Å². The Balaban J connectivity index is 1.70. The van der Waals surface area contributed by atoms with E-state index in [1.165, 1.54) is 49.8 Å². The van der Waals surface area contributed by atoms with Gasteiger partial charge >= 0.3 is 0 Å². The molecule has 3 unspecified atom stereocenters. The van der Waals surface area contributed by atoms with Crippen molar-refractivity contribution in [3.8, 4) is 0 Å². The van der Waals surface area contributed by atoms with Crippen molar-refractivity contribution in [1.29, 1.82) is 0 Å². The molecule has 17 heavy (non-hydrogen) atoms. The first-order valence-corrected chi connectivity index (χ1v) is 7.17. The highest BCUT2D eigenvalue weighted by atomic mass is 16.3. The third-order valence-electron chi connectivity index (χ3n) is 4.58. The molecule has 3 atom stereocenters. The molecule has 2 aliphatic carbocycles. The number of rotatable bonds is 2. The fourth-order valence-electron chi connectivity index (χ4n) is 3.48. The van der Waals surface area contributed by atoms with E-state index in [9.17, 15) is 0 Å². The van der Waals surface area contributed by atoms with Crippen LogP contribution in [0.15, 0.2) is 16.7 Å². The minimum Gasteiger partial charge on any atom is -0.469 e. The zero-order chi connectivity index (χ0) is 11.7. The zero-order valence-electron chi connectivity index (χ0n) is 10.7. The van der Waals surface area contributed by atoms with E-state index in [-0.39, 0.29) is 0 Å². The van der Waals surface area contributed by atoms with Gasteiger partial charge in [0.1, 0.15) is 5.76 Å². The highest BCUT2D eigenvalue weighted by Crippen LogP contribution is 2.33. The van der Waals surface area contributed by atoms with Gasteiger partial charge in [0.05, 0.1) is 6.26 Å². The molecule has 2 nitrogen and oxygen atoms in total. The number of hydrogen-bond acceptors (Lipinski definition) is 2. The molecule has 0 aromatic carbocycles. The van der Waals surface area contributed by atoms with Gasteiger partial charge in [-0.15, -0.1) is 0 Å². The molecule has 0 radical (unpaired) electrons. The summed E-state index contributed by atoms with van der Waals surface area (Å²) in [5.41, 5.74) is 1.43. The van der Waals surface area contributed by atoms with E-state index >= 15 is 0 Å². The first-order chi connectivity index (χ1) is 8.34. The van der Waals surface area contributed by atoms with Crippen LogP contribution in [0.1, 0.15) is 62.8 Å². The Hall–Kier alpha value is -0.760. The maximum atomic E-state index is 5.56. The second-order valence-electron chi connectivity index (χ2n) is 5.78. The van der Waals surface area contributed by atoms with E-state index in [1.807, 2.05) is 6.26 Å². The molecule has 2 heteroatoms. The van der Waals surface area contributed by atoms with Gasteiger partial charge in [0.15, 0.2) is 0 Å². The predicted molar refractivity (Wildman–Crippen MR) is 68.9 cm³/mol. The number of hydrogen-bond donors (Lipinski definition) is 1. The number of furan rings is 1. The van der Waals surface area contributed by atoms with Crippen LogP contribution in [0.3, 0.4) is 0 Å². The molecular formula is C15H23NO. The third-order valence-corrected chi connectivity index (χ3v) is 4.58. The van der Waals surface area contributed by atoms with Gasteiger partial charge in [0.25, 0.3) is 0 Å². The molecule has 3 rings (SSSR count). The lowest BCUT2D eigenvalue weighted by Gasteiger charge is -2.34. The van der Waals surface area contributed by atoms with E-state index in [0.717, 1.165) is 18.4 Å². The van der Waals surface area contributed by atoms with E-state index in [0.29, 0.717) is 6.04 Å². The molecule has 94 valence electrons. The SMILES string of the molecule is CC1CCCCC1NC1CCCc2occc21. The lowest BCUT2D eigenvalue weighted by molar-refractivity contribution is 0.247. The molecule has 2 aliphatic rings. The fraction of sp³-hybridized carbons (Fsp3) is 0.733. The summed E-state index contributed by atoms with van der Waals surface area (Å²) in [6.07, 6.45) is 11.1. The summed E-state index contributed by atoms with van der Waals surface area (Å²) >= 11 is 0. The smallest absolute Gasteiger partial charge is 0.108 e. The zero-order valence-corrected chi connectivity index (χ0v) is 10.7. The van der Waals surface area contributed by atoms with E-state index in [1.54, 1.807) is 0 Å². The molecule has 0 bridgehead atoms. The molecule has 1 aromatic rings. The van der Waals surface area contributed by atoms with Crippen LogP contribution in [-0.4, -0.2) is 6.04 Å². The first kappa shape index (κ1) is 11.3. The van der Waals surface area contributed by atoms with E-state index < -0.39 is 0 Å². The van der Waals surface area contributed by atoms with Gasteiger partial charge in [-0.1, -0.05) is 19.8 Å². The summed E-state index contributed by atoms with van der Waals surface area (Å²) in [7, 11) is 0. The Kier molecular flexibility index (Phi) is 3.24. The van der Waals surface area contributed by atoms with Gasteiger partial charge in [-0.3, -0.25) is 0 Å². The van der Waals surface area contributed by atoms with Crippen molar-refractivity contribution < 1.29 is 4.42 Å². The van der Waals surface area contributed by atoms with Crippen LogP contribution in [0.2, 0.25) is 0 Å². The molecule has 1 aromatic heterocycles. The average Bonchev–Trinajstić information content (AvgIpc) is 2.81. The Labute approximate surface area is 104 Å². The van der Waals surface area contributed by atoms with E-state index in [4.69, 9.17) is 4.42 Å². The molecular weight excluding hydrogens is 210 g/mol. The number of fused-ring (bicyclic) bond motifs is 1. The average molecular weight is 233 g/mol. The molecule has 1 heterocycles. The van der Waals surface area contributed by atoms with Crippen molar-refractivity contribution >= 4 is 0 Å². The van der Waals surface area contributed by atoms with Gasteiger partial charge in [-0.25, -0.2) is 0 Å². The highest BCUT2D eigenvalue weighted by Gasteiger charge is 2.28. The normalized spacial score (nSPS) is 33.4. The van der Waals surface area contributed by atoms with Gasteiger partial charge in [-0.2, -0.15) is 0 Å². The molecule has 0 spiro atoms. The summed E-state index contributed by atoms with van der Waals surface area (Å²) in [5.74, 6) is 2.05. The monoisotopic (exact) mass is 233 g/mol. The maximum absolute atomic E-state index is 5.56. The largest absolute Gasteiger partial charge is 0.469 e. The van der Waals surface area contributed by atoms with Crippen LogP contribution in [0.4, 0.5) is 0 Å². The Morgan fingerprint density at radius 3 is 2.94 bits per heavy atom. The van der Waals surface area contributed by atoms with Crippen molar-refractivity contribution in [2.45, 2.75) is 64.0 Å². The Morgan fingerprint density at radius 2 is 2.06 bits per heavy atom. The Morgan fingerprint density at radius 1 is 1.18 bits per heavy atom. The second-order valence-corrected chi connectivity index (χ2v) is 5.78. The first-order valence-electron chi connectivity index (χ1n) is 7.17. The quantitative estimate of drug-likeness (QED) is 0.840. The van der Waals surface area contributed by atoms with Crippen LogP contribution in [0, 0.1) is 5.92 Å². The lowest BCUT2D eigenvalue weighted by Crippen LogP contribution is -2.40. The summed E-state index contributed by atoms with van der Waals surface area (Å²) in [6, 6.07) is 3.43. The minimum absolute atomic E-state index is 0.544. The van der Waals surface area contributed by atoms with Gasteiger partial charge in [0.2, 0.25) is 0 Å². The van der Waals surface area contributed by atoms with Crippen molar-refractivity contribution in [1.82, 2.24) is 5.32 Å². The summed E-state index contributed by atoms with van der Waals surface area (Å²) in [5, 5.41) is 3.89. The molecule has 1 fully saturated rings. The molecule has 0 amide bonds. The topological polar surface area (TPSA) is 25.2 Å².